The van der Waals surface area contributed by atoms with E-state index in [9.17, 15) is 0 Å². The van der Waals surface area contributed by atoms with Crippen molar-refractivity contribution in [3.63, 3.8) is 0 Å². The summed E-state index contributed by atoms with van der Waals surface area (Å²) in [4.78, 5) is 0. The molecular formula is C16H20. The third-order valence-electron chi connectivity index (χ3n) is 4.18. The van der Waals surface area contributed by atoms with Gasteiger partial charge in [-0.25, -0.2) is 0 Å². The van der Waals surface area contributed by atoms with Crippen molar-refractivity contribution >= 4 is 0 Å². The Kier molecular flexibility index (Phi) is 3.00. The first-order chi connectivity index (χ1) is 7.64. The predicted octanol–water partition coefficient (Wildman–Crippen LogP) is 4.56. The largest absolute Gasteiger partial charge is 0.0808 e. The maximum absolute atomic E-state index is 2.36. The molecule has 0 radical (unpaired) electrons. The van der Waals surface area contributed by atoms with Crippen LogP contribution in [0.3, 0.4) is 0 Å². The third kappa shape index (κ3) is 1.84. The Morgan fingerprint density at radius 3 is 2.44 bits per heavy atom. The van der Waals surface area contributed by atoms with Crippen molar-refractivity contribution in [3.05, 3.63) is 60.2 Å². The second-order valence-electron chi connectivity index (χ2n) is 5.03. The summed E-state index contributed by atoms with van der Waals surface area (Å²) in [5.74, 6) is 1.14. The molecule has 0 heterocycles. The van der Waals surface area contributed by atoms with Crippen LogP contribution in [0.4, 0.5) is 0 Å². The van der Waals surface area contributed by atoms with Gasteiger partial charge in [0, 0.05) is 0 Å². The van der Waals surface area contributed by atoms with Gasteiger partial charge in [0.1, 0.15) is 0 Å². The number of hydrogen-bond acceptors (Lipinski definition) is 0. The number of allylic oxidation sites excluding steroid dienone is 4. The van der Waals surface area contributed by atoms with Crippen molar-refractivity contribution in [1.29, 1.82) is 0 Å². The zero-order chi connectivity index (χ0) is 11.6. The van der Waals surface area contributed by atoms with Crippen LogP contribution in [0.25, 0.3) is 0 Å². The number of rotatable bonds is 2. The molecule has 16 heavy (non-hydrogen) atoms. The lowest BCUT2D eigenvalue weighted by molar-refractivity contribution is 0.270. The fourth-order valence-electron chi connectivity index (χ4n) is 2.49. The van der Waals surface area contributed by atoms with E-state index in [2.05, 4.69) is 75.4 Å². The lowest BCUT2D eigenvalue weighted by Crippen LogP contribution is -2.29. The van der Waals surface area contributed by atoms with E-state index >= 15 is 0 Å². The van der Waals surface area contributed by atoms with Crippen molar-refractivity contribution in [3.8, 4) is 0 Å². The molecule has 0 fully saturated rings. The van der Waals surface area contributed by atoms with Crippen molar-refractivity contribution in [2.24, 2.45) is 11.3 Å². The molecule has 0 saturated carbocycles. The van der Waals surface area contributed by atoms with Gasteiger partial charge in [-0.15, -0.1) is 0 Å². The molecule has 0 spiro atoms. The molecule has 0 nitrogen and oxygen atoms in total. The molecule has 0 N–H and O–H groups in total. The Hall–Kier alpha value is -1.30. The van der Waals surface area contributed by atoms with Crippen LogP contribution in [-0.2, 0) is 0 Å². The van der Waals surface area contributed by atoms with Crippen LogP contribution in [0, 0.1) is 11.3 Å². The van der Waals surface area contributed by atoms with Crippen molar-refractivity contribution in [2.75, 3.05) is 0 Å². The Morgan fingerprint density at radius 1 is 1.12 bits per heavy atom. The van der Waals surface area contributed by atoms with Gasteiger partial charge >= 0.3 is 0 Å². The lowest BCUT2D eigenvalue weighted by Gasteiger charge is -2.39. The molecule has 0 saturated heterocycles. The standard InChI is InChI=1S/C16H20/c1-13-9-7-8-12-16(13,3)14(2)15-10-5-4-6-11-15/h4-14H,1-3H3. The van der Waals surface area contributed by atoms with Gasteiger partial charge in [0.15, 0.2) is 0 Å². The highest BCUT2D eigenvalue weighted by Crippen LogP contribution is 2.45. The second kappa shape index (κ2) is 4.29. The highest BCUT2D eigenvalue weighted by atomic mass is 14.4. The first kappa shape index (κ1) is 11.2. The van der Waals surface area contributed by atoms with E-state index in [0.717, 1.165) is 0 Å². The molecule has 0 bridgehead atoms. The fraction of sp³-hybridized carbons (Fsp3) is 0.375. The van der Waals surface area contributed by atoms with Crippen LogP contribution < -0.4 is 0 Å². The van der Waals surface area contributed by atoms with Crippen LogP contribution in [0.2, 0.25) is 0 Å². The molecule has 3 atom stereocenters. The average Bonchev–Trinajstić information content (AvgIpc) is 2.33. The quantitative estimate of drug-likeness (QED) is 0.674. The second-order valence-corrected chi connectivity index (χ2v) is 5.03. The van der Waals surface area contributed by atoms with E-state index in [4.69, 9.17) is 0 Å². The monoisotopic (exact) mass is 212 g/mol. The molecule has 0 amide bonds. The molecule has 0 heteroatoms. The number of benzene rings is 1. The van der Waals surface area contributed by atoms with Crippen molar-refractivity contribution in [1.82, 2.24) is 0 Å². The summed E-state index contributed by atoms with van der Waals surface area (Å²) in [5.41, 5.74) is 1.66. The van der Waals surface area contributed by atoms with Gasteiger partial charge in [0.05, 0.1) is 0 Å². The van der Waals surface area contributed by atoms with Gasteiger partial charge in [-0.2, -0.15) is 0 Å². The van der Waals surface area contributed by atoms with Crippen LogP contribution in [0.5, 0.6) is 0 Å². The molecule has 1 aliphatic carbocycles. The summed E-state index contributed by atoms with van der Waals surface area (Å²) in [5, 5.41) is 0. The Bertz CT molecular complexity index is 399. The maximum atomic E-state index is 2.36. The zero-order valence-corrected chi connectivity index (χ0v) is 10.4. The first-order valence-corrected chi connectivity index (χ1v) is 6.05. The maximum Gasteiger partial charge on any atom is -0.00173 e. The van der Waals surface area contributed by atoms with E-state index in [1.165, 1.54) is 5.56 Å². The molecule has 1 aromatic rings. The van der Waals surface area contributed by atoms with E-state index in [0.29, 0.717) is 11.8 Å². The number of hydrogen-bond donors (Lipinski definition) is 0. The van der Waals surface area contributed by atoms with Gasteiger partial charge in [-0.05, 0) is 22.8 Å². The van der Waals surface area contributed by atoms with Crippen LogP contribution in [-0.4, -0.2) is 0 Å². The van der Waals surface area contributed by atoms with Crippen LogP contribution in [0.15, 0.2) is 54.6 Å². The van der Waals surface area contributed by atoms with Gasteiger partial charge in [0.2, 0.25) is 0 Å². The van der Waals surface area contributed by atoms with Crippen molar-refractivity contribution in [2.45, 2.75) is 26.7 Å². The van der Waals surface area contributed by atoms with E-state index in [1.54, 1.807) is 0 Å². The van der Waals surface area contributed by atoms with E-state index < -0.39 is 0 Å². The summed E-state index contributed by atoms with van der Waals surface area (Å²) >= 11 is 0. The molecule has 84 valence electrons. The Morgan fingerprint density at radius 2 is 1.81 bits per heavy atom. The topological polar surface area (TPSA) is 0 Å². The molecule has 1 aliphatic rings. The van der Waals surface area contributed by atoms with Gasteiger partial charge in [0.25, 0.3) is 0 Å². The van der Waals surface area contributed by atoms with Crippen LogP contribution >= 0.6 is 0 Å². The molecule has 0 aliphatic heterocycles. The third-order valence-corrected chi connectivity index (χ3v) is 4.18. The summed E-state index contributed by atoms with van der Waals surface area (Å²) in [6, 6.07) is 10.8. The van der Waals surface area contributed by atoms with E-state index in [-0.39, 0.29) is 5.41 Å². The van der Waals surface area contributed by atoms with Gasteiger partial charge in [-0.1, -0.05) is 75.4 Å². The summed E-state index contributed by atoms with van der Waals surface area (Å²) in [7, 11) is 0. The Balaban J connectivity index is 2.31. The Labute approximate surface area is 98.7 Å². The average molecular weight is 212 g/mol. The SMILES string of the molecule is CC1C=CC=CC1(C)C(C)c1ccccc1. The summed E-state index contributed by atoms with van der Waals surface area (Å²) < 4.78 is 0. The summed E-state index contributed by atoms with van der Waals surface area (Å²) in [6.07, 6.45) is 9.00. The molecule has 1 aromatic carbocycles. The van der Waals surface area contributed by atoms with Crippen molar-refractivity contribution < 1.29 is 0 Å². The predicted molar refractivity (Wildman–Crippen MR) is 70.4 cm³/mol. The normalized spacial score (nSPS) is 30.3. The highest BCUT2D eigenvalue weighted by molar-refractivity contribution is 5.28. The molecule has 2 rings (SSSR count). The minimum atomic E-state index is 0.232. The zero-order valence-electron chi connectivity index (χ0n) is 10.4. The van der Waals surface area contributed by atoms with Gasteiger partial charge in [-0.3, -0.25) is 0 Å². The van der Waals surface area contributed by atoms with Gasteiger partial charge < -0.3 is 0 Å². The highest BCUT2D eigenvalue weighted by Gasteiger charge is 2.34. The molecule has 0 aromatic heterocycles. The first-order valence-electron chi connectivity index (χ1n) is 6.05. The minimum Gasteiger partial charge on any atom is -0.0808 e. The van der Waals surface area contributed by atoms with Crippen LogP contribution in [0.1, 0.15) is 32.3 Å². The molecular weight excluding hydrogens is 192 g/mol. The smallest absolute Gasteiger partial charge is 0.00173 e. The fourth-order valence-corrected chi connectivity index (χ4v) is 2.49. The summed E-state index contributed by atoms with van der Waals surface area (Å²) in [6.45, 7) is 6.99. The lowest BCUT2D eigenvalue weighted by atomic mass is 9.65. The minimum absolute atomic E-state index is 0.232. The molecule has 3 unspecified atom stereocenters. The van der Waals surface area contributed by atoms with E-state index in [1.807, 2.05) is 0 Å².